The molecule has 0 atom stereocenters. The Morgan fingerprint density at radius 3 is 2.37 bits per heavy atom. The van der Waals surface area contributed by atoms with E-state index in [2.05, 4.69) is 5.32 Å². The van der Waals surface area contributed by atoms with Crippen LogP contribution in [0.1, 0.15) is 35.2 Å². The van der Waals surface area contributed by atoms with E-state index in [1.165, 1.54) is 16.4 Å². The fraction of sp³-hybridized carbons (Fsp3) is 0.350. The molecule has 3 rings (SSSR count). The third kappa shape index (κ3) is 4.48. The molecular weight excluding hydrogens is 364 g/mol. The van der Waals surface area contributed by atoms with Gasteiger partial charge in [-0.25, -0.2) is 8.42 Å². The molecule has 1 fully saturated rings. The number of carbonyl (C=O) groups is 1. The predicted octanol–water partition coefficient (Wildman–Crippen LogP) is 2.80. The van der Waals surface area contributed by atoms with Crippen molar-refractivity contribution in [2.45, 2.75) is 30.7 Å². The van der Waals surface area contributed by atoms with Gasteiger partial charge in [0, 0.05) is 30.8 Å². The zero-order valence-corrected chi connectivity index (χ0v) is 16.2. The molecule has 27 heavy (non-hydrogen) atoms. The second kappa shape index (κ2) is 8.54. The van der Waals surface area contributed by atoms with E-state index in [0.29, 0.717) is 30.9 Å². The molecule has 6 nitrogen and oxygen atoms in total. The maximum absolute atomic E-state index is 12.7. The fourth-order valence-corrected chi connectivity index (χ4v) is 4.68. The molecule has 2 aromatic rings. The van der Waals surface area contributed by atoms with Gasteiger partial charge in [-0.2, -0.15) is 4.31 Å². The van der Waals surface area contributed by atoms with Crippen LogP contribution in [-0.2, 0) is 16.6 Å². The normalized spacial score (nSPS) is 15.3. The van der Waals surface area contributed by atoms with Crippen LogP contribution in [0.3, 0.4) is 0 Å². The summed E-state index contributed by atoms with van der Waals surface area (Å²) in [5.41, 5.74) is 1.29. The number of sulfonamides is 1. The molecule has 1 heterocycles. The van der Waals surface area contributed by atoms with Crippen LogP contribution in [0.15, 0.2) is 53.4 Å². The smallest absolute Gasteiger partial charge is 0.251 e. The van der Waals surface area contributed by atoms with Crippen molar-refractivity contribution in [2.24, 2.45) is 0 Å². The van der Waals surface area contributed by atoms with Gasteiger partial charge in [0.25, 0.3) is 5.91 Å². The number of ether oxygens (including phenoxy) is 1. The first kappa shape index (κ1) is 19.4. The van der Waals surface area contributed by atoms with Gasteiger partial charge >= 0.3 is 0 Å². The van der Waals surface area contributed by atoms with Crippen molar-refractivity contribution < 1.29 is 17.9 Å². The molecule has 0 aliphatic carbocycles. The standard InChI is InChI=1S/C20H24N2O4S/c1-26-19-8-4-3-7-17(19)15-21-20(23)16-9-11-18(12-10-16)27(24,25)22-13-5-2-6-14-22/h3-4,7-12H,2,5-6,13-15H2,1H3,(H,21,23). The first-order valence-corrected chi connectivity index (χ1v) is 10.5. The molecule has 2 aromatic carbocycles. The molecule has 1 amide bonds. The first-order valence-electron chi connectivity index (χ1n) is 9.02. The minimum Gasteiger partial charge on any atom is -0.496 e. The van der Waals surface area contributed by atoms with Crippen LogP contribution in [0.4, 0.5) is 0 Å². The van der Waals surface area contributed by atoms with Gasteiger partial charge in [0.2, 0.25) is 10.0 Å². The molecule has 1 saturated heterocycles. The van der Waals surface area contributed by atoms with Crippen LogP contribution in [-0.4, -0.2) is 38.8 Å². The average Bonchev–Trinajstić information content (AvgIpc) is 2.73. The Morgan fingerprint density at radius 1 is 1.04 bits per heavy atom. The molecule has 144 valence electrons. The van der Waals surface area contributed by atoms with Gasteiger partial charge in [-0.1, -0.05) is 24.6 Å². The van der Waals surface area contributed by atoms with Gasteiger partial charge in [-0.15, -0.1) is 0 Å². The van der Waals surface area contributed by atoms with E-state index < -0.39 is 10.0 Å². The van der Waals surface area contributed by atoms with Crippen molar-refractivity contribution in [2.75, 3.05) is 20.2 Å². The summed E-state index contributed by atoms with van der Waals surface area (Å²) in [6, 6.07) is 13.6. The van der Waals surface area contributed by atoms with Crippen LogP contribution in [0.5, 0.6) is 5.75 Å². The van der Waals surface area contributed by atoms with Crippen LogP contribution in [0, 0.1) is 0 Å². The third-order valence-electron chi connectivity index (χ3n) is 4.70. The molecule has 1 N–H and O–H groups in total. The van der Waals surface area contributed by atoms with Crippen molar-refractivity contribution >= 4 is 15.9 Å². The third-order valence-corrected chi connectivity index (χ3v) is 6.61. The van der Waals surface area contributed by atoms with Crippen LogP contribution in [0.25, 0.3) is 0 Å². The molecule has 7 heteroatoms. The Bertz CT molecular complexity index is 888. The highest BCUT2D eigenvalue weighted by Crippen LogP contribution is 2.21. The SMILES string of the molecule is COc1ccccc1CNC(=O)c1ccc(S(=O)(=O)N2CCCCC2)cc1. The van der Waals surface area contributed by atoms with E-state index in [-0.39, 0.29) is 10.8 Å². The highest BCUT2D eigenvalue weighted by Gasteiger charge is 2.25. The molecule has 0 spiro atoms. The minimum absolute atomic E-state index is 0.227. The Labute approximate surface area is 160 Å². The maximum atomic E-state index is 12.7. The summed E-state index contributed by atoms with van der Waals surface area (Å²) in [4.78, 5) is 12.6. The number of hydrogen-bond acceptors (Lipinski definition) is 4. The van der Waals surface area contributed by atoms with Gasteiger partial charge in [-0.05, 0) is 43.2 Å². The number of hydrogen-bond donors (Lipinski definition) is 1. The number of carbonyl (C=O) groups excluding carboxylic acids is 1. The second-order valence-electron chi connectivity index (χ2n) is 6.48. The fourth-order valence-electron chi connectivity index (χ4n) is 3.16. The number of nitrogens with one attached hydrogen (secondary N) is 1. The van der Waals surface area contributed by atoms with Gasteiger partial charge in [0.05, 0.1) is 12.0 Å². The van der Waals surface area contributed by atoms with Crippen molar-refractivity contribution in [1.29, 1.82) is 0 Å². The van der Waals surface area contributed by atoms with Crippen molar-refractivity contribution in [1.82, 2.24) is 9.62 Å². The topological polar surface area (TPSA) is 75.7 Å². The van der Waals surface area contributed by atoms with E-state index in [9.17, 15) is 13.2 Å². The summed E-state index contributed by atoms with van der Waals surface area (Å²) >= 11 is 0. The quantitative estimate of drug-likeness (QED) is 0.826. The highest BCUT2D eigenvalue weighted by molar-refractivity contribution is 7.89. The highest BCUT2D eigenvalue weighted by atomic mass is 32.2. The predicted molar refractivity (Wildman–Crippen MR) is 103 cm³/mol. The molecular formula is C20H24N2O4S. The lowest BCUT2D eigenvalue weighted by Gasteiger charge is -2.25. The van der Waals surface area contributed by atoms with Gasteiger partial charge in [-0.3, -0.25) is 4.79 Å². The number of piperidine rings is 1. The zero-order chi connectivity index (χ0) is 19.3. The second-order valence-corrected chi connectivity index (χ2v) is 8.42. The zero-order valence-electron chi connectivity index (χ0n) is 15.3. The number of rotatable bonds is 6. The van der Waals surface area contributed by atoms with Crippen molar-refractivity contribution in [3.05, 3.63) is 59.7 Å². The van der Waals surface area contributed by atoms with Gasteiger partial charge in [0.1, 0.15) is 5.75 Å². The molecule has 0 bridgehead atoms. The first-order chi connectivity index (χ1) is 13.0. The molecule has 0 aromatic heterocycles. The van der Waals surface area contributed by atoms with E-state index in [1.807, 2.05) is 24.3 Å². The summed E-state index contributed by atoms with van der Waals surface area (Å²) in [5, 5.41) is 2.83. The van der Waals surface area contributed by atoms with Crippen molar-refractivity contribution in [3.63, 3.8) is 0 Å². The lowest BCUT2D eigenvalue weighted by atomic mass is 10.2. The number of methoxy groups -OCH3 is 1. The number of amides is 1. The lowest BCUT2D eigenvalue weighted by molar-refractivity contribution is 0.0950. The summed E-state index contributed by atoms with van der Waals surface area (Å²) in [5.74, 6) is 0.448. The summed E-state index contributed by atoms with van der Waals surface area (Å²) in [7, 11) is -1.90. The average molecular weight is 388 g/mol. The molecule has 1 aliphatic heterocycles. The summed E-state index contributed by atoms with van der Waals surface area (Å²) in [6.45, 7) is 1.45. The van der Waals surface area contributed by atoms with Gasteiger partial charge in [0.15, 0.2) is 0 Å². The molecule has 0 saturated carbocycles. The number of para-hydroxylation sites is 1. The maximum Gasteiger partial charge on any atom is 0.251 e. The van der Waals surface area contributed by atoms with Crippen LogP contribution >= 0.6 is 0 Å². The summed E-state index contributed by atoms with van der Waals surface area (Å²) < 4.78 is 32.1. The summed E-state index contributed by atoms with van der Waals surface area (Å²) in [6.07, 6.45) is 2.85. The minimum atomic E-state index is -3.48. The molecule has 1 aliphatic rings. The Hall–Kier alpha value is -2.38. The lowest BCUT2D eigenvalue weighted by Crippen LogP contribution is -2.35. The Kier molecular flexibility index (Phi) is 6.13. The van der Waals surface area contributed by atoms with E-state index >= 15 is 0 Å². The van der Waals surface area contributed by atoms with E-state index in [4.69, 9.17) is 4.74 Å². The molecule has 0 radical (unpaired) electrons. The number of benzene rings is 2. The van der Waals surface area contributed by atoms with E-state index in [0.717, 1.165) is 24.8 Å². The monoisotopic (exact) mass is 388 g/mol. The Balaban J connectivity index is 1.66. The number of nitrogens with zero attached hydrogens (tertiary/aromatic N) is 1. The largest absolute Gasteiger partial charge is 0.496 e. The van der Waals surface area contributed by atoms with Gasteiger partial charge < -0.3 is 10.1 Å². The van der Waals surface area contributed by atoms with Crippen LogP contribution < -0.4 is 10.1 Å². The Morgan fingerprint density at radius 2 is 1.70 bits per heavy atom. The van der Waals surface area contributed by atoms with Crippen molar-refractivity contribution in [3.8, 4) is 5.75 Å². The molecule has 0 unspecified atom stereocenters. The van der Waals surface area contributed by atoms with E-state index in [1.54, 1.807) is 19.2 Å². The van der Waals surface area contributed by atoms with Crippen LogP contribution in [0.2, 0.25) is 0 Å².